The predicted molar refractivity (Wildman–Crippen MR) is 95.4 cm³/mol. The number of ether oxygens (including phenoxy) is 2. The van der Waals surface area contributed by atoms with Crippen molar-refractivity contribution in [1.82, 2.24) is 16.0 Å². The Labute approximate surface area is 144 Å². The average molecular weight is 416 g/mol. The van der Waals surface area contributed by atoms with Crippen molar-refractivity contribution >= 4 is 35.8 Å². The van der Waals surface area contributed by atoms with Crippen LogP contribution in [0.5, 0.6) is 0 Å². The van der Waals surface area contributed by atoms with Crippen molar-refractivity contribution in [2.24, 2.45) is 4.99 Å². The Morgan fingerprint density at radius 1 is 1.10 bits per heavy atom. The molecule has 0 aliphatic heterocycles. The second-order valence-electron chi connectivity index (χ2n) is 4.02. The Kier molecular flexibility index (Phi) is 18.8. The van der Waals surface area contributed by atoms with Crippen LogP contribution in [-0.4, -0.2) is 65.0 Å². The zero-order valence-corrected chi connectivity index (χ0v) is 15.6. The highest BCUT2D eigenvalue weighted by Crippen LogP contribution is 1.81. The number of guanidine groups is 1. The summed E-state index contributed by atoms with van der Waals surface area (Å²) >= 11 is 0. The summed E-state index contributed by atoms with van der Waals surface area (Å²) in [5, 5.41) is 8.96. The zero-order chi connectivity index (χ0) is 15.1. The molecule has 21 heavy (non-hydrogen) atoms. The molecular formula is C13H29IN4O3. The Morgan fingerprint density at radius 3 is 2.48 bits per heavy atom. The number of nitrogens with one attached hydrogen (secondary N) is 3. The topological polar surface area (TPSA) is 84.0 Å². The van der Waals surface area contributed by atoms with E-state index >= 15 is 0 Å². The summed E-state index contributed by atoms with van der Waals surface area (Å²) < 4.78 is 10.1. The standard InChI is InChI=1S/C13H28N4O3.HI/c1-4-14-13(16-7-6-9-20-5-2)17-11-12(18)15-8-10-19-3;/h4-11H2,1-3H3,(H,15,18)(H2,14,16,17);1H. The van der Waals surface area contributed by atoms with E-state index in [4.69, 9.17) is 9.47 Å². The van der Waals surface area contributed by atoms with Gasteiger partial charge in [0.05, 0.1) is 6.61 Å². The fourth-order valence-electron chi connectivity index (χ4n) is 1.37. The average Bonchev–Trinajstić information content (AvgIpc) is 2.44. The maximum Gasteiger partial charge on any atom is 0.241 e. The number of aliphatic imine (C=N–C) groups is 1. The van der Waals surface area contributed by atoms with Gasteiger partial charge in [0.2, 0.25) is 5.91 Å². The van der Waals surface area contributed by atoms with E-state index in [9.17, 15) is 4.79 Å². The van der Waals surface area contributed by atoms with Gasteiger partial charge in [-0.15, -0.1) is 24.0 Å². The van der Waals surface area contributed by atoms with E-state index in [-0.39, 0.29) is 36.4 Å². The second-order valence-corrected chi connectivity index (χ2v) is 4.02. The van der Waals surface area contributed by atoms with Gasteiger partial charge in [0.25, 0.3) is 0 Å². The first-order chi connectivity index (χ1) is 9.74. The number of rotatable bonds is 11. The Balaban J connectivity index is 0. The molecule has 0 spiro atoms. The van der Waals surface area contributed by atoms with Crippen molar-refractivity contribution in [3.05, 3.63) is 0 Å². The fourth-order valence-corrected chi connectivity index (χ4v) is 1.37. The summed E-state index contributed by atoms with van der Waals surface area (Å²) in [7, 11) is 1.60. The molecule has 0 aromatic carbocycles. The highest BCUT2D eigenvalue weighted by atomic mass is 127. The van der Waals surface area contributed by atoms with Gasteiger partial charge in [-0.25, -0.2) is 4.99 Å². The molecule has 0 rings (SSSR count). The monoisotopic (exact) mass is 416 g/mol. The van der Waals surface area contributed by atoms with Gasteiger partial charge in [0.15, 0.2) is 5.96 Å². The van der Waals surface area contributed by atoms with Gasteiger partial charge in [-0.05, 0) is 20.3 Å². The maximum atomic E-state index is 11.5. The van der Waals surface area contributed by atoms with E-state index < -0.39 is 0 Å². The third-order valence-corrected chi connectivity index (χ3v) is 2.32. The van der Waals surface area contributed by atoms with Gasteiger partial charge in [0.1, 0.15) is 6.54 Å². The molecule has 8 heteroatoms. The van der Waals surface area contributed by atoms with E-state index in [1.165, 1.54) is 0 Å². The van der Waals surface area contributed by atoms with Gasteiger partial charge in [-0.3, -0.25) is 4.79 Å². The van der Waals surface area contributed by atoms with Gasteiger partial charge in [-0.2, -0.15) is 0 Å². The molecule has 126 valence electrons. The summed E-state index contributed by atoms with van der Waals surface area (Å²) in [4.78, 5) is 15.7. The van der Waals surface area contributed by atoms with Crippen LogP contribution in [0.2, 0.25) is 0 Å². The molecule has 1 amide bonds. The molecule has 0 aromatic rings. The van der Waals surface area contributed by atoms with Crippen LogP contribution in [-0.2, 0) is 14.3 Å². The molecule has 0 fully saturated rings. The Hall–Kier alpha value is -0.610. The number of hydrogen-bond donors (Lipinski definition) is 3. The lowest BCUT2D eigenvalue weighted by Crippen LogP contribution is -2.39. The molecule has 0 heterocycles. The van der Waals surface area contributed by atoms with Crippen molar-refractivity contribution < 1.29 is 14.3 Å². The summed E-state index contributed by atoms with van der Waals surface area (Å²) in [5.41, 5.74) is 0. The summed E-state index contributed by atoms with van der Waals surface area (Å²) in [5.74, 6) is 0.527. The number of nitrogens with zero attached hydrogens (tertiary/aromatic N) is 1. The zero-order valence-electron chi connectivity index (χ0n) is 13.2. The first kappa shape index (κ1) is 22.7. The maximum absolute atomic E-state index is 11.5. The SMILES string of the molecule is CCNC(=NCC(=O)NCCOC)NCCCOCC.I. The number of carbonyl (C=O) groups is 1. The van der Waals surface area contributed by atoms with Crippen LogP contribution in [0, 0.1) is 0 Å². The largest absolute Gasteiger partial charge is 0.383 e. The first-order valence-corrected chi connectivity index (χ1v) is 7.10. The van der Waals surface area contributed by atoms with Crippen LogP contribution in [0.4, 0.5) is 0 Å². The van der Waals surface area contributed by atoms with Gasteiger partial charge >= 0.3 is 0 Å². The van der Waals surface area contributed by atoms with Crippen LogP contribution < -0.4 is 16.0 Å². The lowest BCUT2D eigenvalue weighted by Gasteiger charge is -2.11. The van der Waals surface area contributed by atoms with Crippen molar-refractivity contribution in [1.29, 1.82) is 0 Å². The molecule has 0 radical (unpaired) electrons. The minimum atomic E-state index is -0.117. The van der Waals surface area contributed by atoms with Gasteiger partial charge in [-0.1, -0.05) is 0 Å². The quantitative estimate of drug-likeness (QED) is 0.196. The van der Waals surface area contributed by atoms with Crippen LogP contribution in [0.3, 0.4) is 0 Å². The summed E-state index contributed by atoms with van der Waals surface area (Å²) in [6, 6.07) is 0. The molecule has 7 nitrogen and oxygen atoms in total. The van der Waals surface area contributed by atoms with Crippen LogP contribution in [0.1, 0.15) is 20.3 Å². The fraction of sp³-hybridized carbons (Fsp3) is 0.846. The smallest absolute Gasteiger partial charge is 0.241 e. The highest BCUT2D eigenvalue weighted by molar-refractivity contribution is 14.0. The lowest BCUT2D eigenvalue weighted by molar-refractivity contribution is -0.119. The highest BCUT2D eigenvalue weighted by Gasteiger charge is 2.01. The molecule has 0 saturated carbocycles. The second kappa shape index (κ2) is 17.4. The minimum Gasteiger partial charge on any atom is -0.383 e. The van der Waals surface area contributed by atoms with E-state index in [1.807, 2.05) is 13.8 Å². The first-order valence-electron chi connectivity index (χ1n) is 7.10. The van der Waals surface area contributed by atoms with E-state index in [0.717, 1.165) is 32.7 Å². The molecule has 0 bridgehead atoms. The number of halogens is 1. The number of amides is 1. The van der Waals surface area contributed by atoms with E-state index in [0.29, 0.717) is 19.1 Å². The Bertz CT molecular complexity index is 278. The number of hydrogen-bond acceptors (Lipinski definition) is 4. The normalized spacial score (nSPS) is 10.7. The van der Waals surface area contributed by atoms with Gasteiger partial charge < -0.3 is 25.4 Å². The molecule has 0 saturated heterocycles. The van der Waals surface area contributed by atoms with Crippen LogP contribution in [0.25, 0.3) is 0 Å². The molecule has 0 aromatic heterocycles. The minimum absolute atomic E-state index is 0. The lowest BCUT2D eigenvalue weighted by atomic mass is 10.4. The number of methoxy groups -OCH3 is 1. The predicted octanol–water partition coefficient (Wildman–Crippen LogP) is 0.349. The van der Waals surface area contributed by atoms with Gasteiger partial charge in [0, 0.05) is 40.0 Å². The molecule has 0 aliphatic carbocycles. The van der Waals surface area contributed by atoms with E-state index in [1.54, 1.807) is 7.11 Å². The van der Waals surface area contributed by atoms with Crippen LogP contribution in [0.15, 0.2) is 4.99 Å². The van der Waals surface area contributed by atoms with Crippen LogP contribution >= 0.6 is 24.0 Å². The third kappa shape index (κ3) is 15.6. The van der Waals surface area contributed by atoms with Crippen molar-refractivity contribution in [2.75, 3.05) is 53.1 Å². The third-order valence-electron chi connectivity index (χ3n) is 2.32. The molecular weight excluding hydrogens is 387 g/mol. The summed E-state index contributed by atoms with van der Waals surface area (Å²) in [6.45, 7) is 8.03. The molecule has 0 aliphatic rings. The summed E-state index contributed by atoms with van der Waals surface area (Å²) in [6.07, 6.45) is 0.901. The van der Waals surface area contributed by atoms with Crippen molar-refractivity contribution in [2.45, 2.75) is 20.3 Å². The molecule has 0 atom stereocenters. The van der Waals surface area contributed by atoms with Crippen molar-refractivity contribution in [3.8, 4) is 0 Å². The molecule has 0 unspecified atom stereocenters. The van der Waals surface area contributed by atoms with E-state index in [2.05, 4.69) is 20.9 Å². The Morgan fingerprint density at radius 2 is 1.86 bits per heavy atom. The number of carbonyl (C=O) groups excluding carboxylic acids is 1. The van der Waals surface area contributed by atoms with Crippen molar-refractivity contribution in [3.63, 3.8) is 0 Å². The molecule has 3 N–H and O–H groups in total.